The van der Waals surface area contributed by atoms with Crippen molar-refractivity contribution in [3.05, 3.63) is 23.8 Å². The maximum Gasteiger partial charge on any atom is 0.329 e. The van der Waals surface area contributed by atoms with Crippen LogP contribution in [0.15, 0.2) is 12.4 Å². The Morgan fingerprint density at radius 1 is 1.42 bits per heavy atom. The topological polar surface area (TPSA) is 84.8 Å². The molecular weight excluding hydrogens is 310 g/mol. The summed E-state index contributed by atoms with van der Waals surface area (Å²) in [6.07, 6.45) is 6.92. The Labute approximate surface area is 142 Å². The fraction of sp³-hybridized carbons (Fsp3) is 0.706. The average molecular weight is 335 g/mol. The Bertz CT molecular complexity index is 597. The molecule has 3 atom stereocenters. The van der Waals surface area contributed by atoms with E-state index in [1.54, 1.807) is 19.5 Å². The van der Waals surface area contributed by atoms with E-state index < -0.39 is 5.97 Å². The van der Waals surface area contributed by atoms with Gasteiger partial charge in [-0.3, -0.25) is 14.9 Å². The van der Waals surface area contributed by atoms with Gasteiger partial charge in [-0.2, -0.15) is 0 Å². The summed E-state index contributed by atoms with van der Waals surface area (Å²) in [5.41, 5.74) is 1.78. The Morgan fingerprint density at radius 2 is 2.21 bits per heavy atom. The van der Waals surface area contributed by atoms with Crippen LogP contribution in [0.1, 0.15) is 37.1 Å². The number of carbonyl (C=O) groups is 1. The smallest absolute Gasteiger partial charge is 0.329 e. The van der Waals surface area contributed by atoms with E-state index in [1.807, 2.05) is 6.92 Å². The fourth-order valence-electron chi connectivity index (χ4n) is 4.07. The maximum absolute atomic E-state index is 10.8. The summed E-state index contributed by atoms with van der Waals surface area (Å²) in [5, 5.41) is 8.83. The van der Waals surface area contributed by atoms with E-state index in [2.05, 4.69) is 14.9 Å². The molecule has 7 nitrogen and oxygen atoms in total. The minimum atomic E-state index is -0.919. The number of carboxylic acid groups (broad SMARTS) is 1. The van der Waals surface area contributed by atoms with Crippen LogP contribution in [-0.2, 0) is 20.8 Å². The van der Waals surface area contributed by atoms with Gasteiger partial charge in [-0.25, -0.2) is 4.79 Å². The molecule has 1 saturated heterocycles. The van der Waals surface area contributed by atoms with Gasteiger partial charge < -0.3 is 14.6 Å². The van der Waals surface area contributed by atoms with Gasteiger partial charge in [-0.15, -0.1) is 0 Å². The molecule has 1 saturated carbocycles. The second-order valence-corrected chi connectivity index (χ2v) is 6.69. The minimum Gasteiger partial charge on any atom is -0.480 e. The van der Waals surface area contributed by atoms with E-state index in [4.69, 9.17) is 14.6 Å². The second kappa shape index (κ2) is 7.13. The first-order valence-electron chi connectivity index (χ1n) is 8.43. The molecule has 2 aliphatic rings. The van der Waals surface area contributed by atoms with Gasteiger partial charge in [-0.1, -0.05) is 0 Å². The summed E-state index contributed by atoms with van der Waals surface area (Å²) in [6, 6.07) is 0.219. The van der Waals surface area contributed by atoms with Crippen LogP contribution in [0, 0.1) is 6.92 Å². The highest BCUT2D eigenvalue weighted by molar-refractivity contribution is 5.68. The number of hydrogen-bond acceptors (Lipinski definition) is 6. The Balaban J connectivity index is 1.72. The predicted octanol–water partition coefficient (Wildman–Crippen LogP) is 1.40. The normalized spacial score (nSPS) is 30.2. The summed E-state index contributed by atoms with van der Waals surface area (Å²) in [7, 11) is 1.78. The summed E-state index contributed by atoms with van der Waals surface area (Å²) >= 11 is 0. The van der Waals surface area contributed by atoms with Gasteiger partial charge in [0.05, 0.1) is 23.1 Å². The summed E-state index contributed by atoms with van der Waals surface area (Å²) in [4.78, 5) is 21.9. The van der Waals surface area contributed by atoms with Crippen molar-refractivity contribution in [3.63, 3.8) is 0 Å². The number of likely N-dealkylation sites (tertiary alicyclic amines) is 1. The third kappa shape index (κ3) is 3.43. The molecule has 0 radical (unpaired) electrons. The number of aryl methyl sites for hydroxylation is 1. The van der Waals surface area contributed by atoms with Crippen LogP contribution >= 0.6 is 0 Å². The molecule has 24 heavy (non-hydrogen) atoms. The van der Waals surface area contributed by atoms with Crippen molar-refractivity contribution >= 4 is 5.97 Å². The zero-order valence-corrected chi connectivity index (χ0v) is 14.3. The molecule has 0 amide bonds. The Morgan fingerprint density at radius 3 is 2.92 bits per heavy atom. The third-order valence-electron chi connectivity index (χ3n) is 5.43. The van der Waals surface area contributed by atoms with Crippen LogP contribution in [0.5, 0.6) is 0 Å². The summed E-state index contributed by atoms with van der Waals surface area (Å²) < 4.78 is 11.5. The number of rotatable bonds is 6. The van der Waals surface area contributed by atoms with Crippen LogP contribution < -0.4 is 0 Å². The molecule has 1 aliphatic heterocycles. The van der Waals surface area contributed by atoms with Crippen molar-refractivity contribution in [2.45, 2.75) is 56.9 Å². The quantitative estimate of drug-likeness (QED) is 0.841. The first-order chi connectivity index (χ1) is 11.5. The van der Waals surface area contributed by atoms with Gasteiger partial charge in [0.1, 0.15) is 6.61 Å². The standard InChI is InChI=1S/C17H25N3O4/c1-12-14(19-7-6-18-12)10-20-8-5-17(23-2)4-3-13(9-15(17)20)24-11-16(21)22/h6-7,13,15H,3-5,8-11H2,1-2H3,(H,21,22)/t13-,15+,17-/m1/s1. The average Bonchev–Trinajstić information content (AvgIpc) is 2.94. The zero-order chi connectivity index (χ0) is 17.2. The number of fused-ring (bicyclic) bond motifs is 1. The molecule has 0 bridgehead atoms. The van der Waals surface area contributed by atoms with Crippen molar-refractivity contribution in [1.29, 1.82) is 0 Å². The van der Waals surface area contributed by atoms with E-state index in [9.17, 15) is 4.79 Å². The van der Waals surface area contributed by atoms with Crippen LogP contribution in [0.4, 0.5) is 0 Å². The lowest BCUT2D eigenvalue weighted by Gasteiger charge is -2.43. The van der Waals surface area contributed by atoms with Crippen molar-refractivity contribution in [2.24, 2.45) is 0 Å². The molecule has 2 heterocycles. The molecule has 132 valence electrons. The highest BCUT2D eigenvalue weighted by Crippen LogP contribution is 2.43. The van der Waals surface area contributed by atoms with Crippen molar-refractivity contribution in [3.8, 4) is 0 Å². The lowest BCUT2D eigenvalue weighted by atomic mass is 9.79. The van der Waals surface area contributed by atoms with Gasteiger partial charge in [0.25, 0.3) is 0 Å². The lowest BCUT2D eigenvalue weighted by molar-refractivity contribution is -0.148. The van der Waals surface area contributed by atoms with Crippen LogP contribution in [0.3, 0.4) is 0 Å². The first-order valence-corrected chi connectivity index (χ1v) is 8.43. The van der Waals surface area contributed by atoms with E-state index in [0.717, 1.165) is 50.2 Å². The molecule has 3 rings (SSSR count). The van der Waals surface area contributed by atoms with Gasteiger partial charge >= 0.3 is 5.97 Å². The van der Waals surface area contributed by atoms with Gasteiger partial charge in [-0.05, 0) is 32.6 Å². The summed E-state index contributed by atoms with van der Waals surface area (Å²) in [5.74, 6) is -0.919. The molecule has 2 fully saturated rings. The number of methoxy groups -OCH3 is 1. The molecule has 1 N–H and O–H groups in total. The number of carboxylic acids is 1. The Kier molecular flexibility index (Phi) is 5.12. The van der Waals surface area contributed by atoms with Crippen molar-refractivity contribution < 1.29 is 19.4 Å². The SMILES string of the molecule is CO[C@@]12CC[C@@H](OCC(=O)O)C[C@@H]1N(Cc1nccnc1C)CC2. The molecule has 1 aliphatic carbocycles. The molecule has 0 spiro atoms. The van der Waals surface area contributed by atoms with E-state index in [0.29, 0.717) is 0 Å². The van der Waals surface area contributed by atoms with Crippen molar-refractivity contribution in [1.82, 2.24) is 14.9 Å². The molecular formula is C17H25N3O4. The molecule has 1 aromatic rings. The third-order valence-corrected chi connectivity index (χ3v) is 5.43. The van der Waals surface area contributed by atoms with Gasteiger partial charge in [0.15, 0.2) is 0 Å². The number of hydrogen-bond donors (Lipinski definition) is 1. The lowest BCUT2D eigenvalue weighted by Crippen LogP contribution is -2.51. The Hall–Kier alpha value is -1.57. The number of nitrogens with zero attached hydrogens (tertiary/aromatic N) is 3. The molecule has 0 aromatic carbocycles. The maximum atomic E-state index is 10.8. The highest BCUT2D eigenvalue weighted by atomic mass is 16.5. The summed E-state index contributed by atoms with van der Waals surface area (Å²) in [6.45, 7) is 3.42. The number of aromatic nitrogens is 2. The number of ether oxygens (including phenoxy) is 2. The molecule has 7 heteroatoms. The van der Waals surface area contributed by atoms with Gasteiger partial charge in [0, 0.05) is 38.6 Å². The van der Waals surface area contributed by atoms with Crippen LogP contribution in [0.2, 0.25) is 0 Å². The fourth-order valence-corrected chi connectivity index (χ4v) is 4.07. The van der Waals surface area contributed by atoms with E-state index in [1.165, 1.54) is 0 Å². The van der Waals surface area contributed by atoms with E-state index in [-0.39, 0.29) is 24.4 Å². The van der Waals surface area contributed by atoms with Gasteiger partial charge in [0.2, 0.25) is 0 Å². The van der Waals surface area contributed by atoms with Crippen LogP contribution in [-0.4, -0.2) is 64.0 Å². The van der Waals surface area contributed by atoms with Crippen LogP contribution in [0.25, 0.3) is 0 Å². The first kappa shape index (κ1) is 17.3. The minimum absolute atomic E-state index is 0.0297. The zero-order valence-electron chi connectivity index (χ0n) is 14.3. The monoisotopic (exact) mass is 335 g/mol. The van der Waals surface area contributed by atoms with E-state index >= 15 is 0 Å². The largest absolute Gasteiger partial charge is 0.480 e. The second-order valence-electron chi connectivity index (χ2n) is 6.69. The predicted molar refractivity (Wildman–Crippen MR) is 86.6 cm³/mol. The molecule has 0 unspecified atom stereocenters. The van der Waals surface area contributed by atoms with Crippen molar-refractivity contribution in [2.75, 3.05) is 20.3 Å². The molecule has 1 aromatic heterocycles. The number of aliphatic carboxylic acids is 1. The highest BCUT2D eigenvalue weighted by Gasteiger charge is 2.51.